The van der Waals surface area contributed by atoms with E-state index in [0.29, 0.717) is 51.9 Å². The van der Waals surface area contributed by atoms with Crippen molar-refractivity contribution in [1.82, 2.24) is 9.88 Å². The zero-order valence-corrected chi connectivity index (χ0v) is 16.2. The Kier molecular flexibility index (Phi) is 6.89. The highest BCUT2D eigenvalue weighted by Gasteiger charge is 2.22. The lowest BCUT2D eigenvalue weighted by molar-refractivity contribution is -0.389. The smallest absolute Gasteiger partial charge is 0.363 e. The van der Waals surface area contributed by atoms with Gasteiger partial charge in [0.2, 0.25) is 5.91 Å². The summed E-state index contributed by atoms with van der Waals surface area (Å²) in [5, 5.41) is 10.7. The van der Waals surface area contributed by atoms with Gasteiger partial charge >= 0.3 is 5.82 Å². The average Bonchev–Trinajstić information content (AvgIpc) is 2.77. The Morgan fingerprint density at radius 2 is 1.66 bits per heavy atom. The van der Waals surface area contributed by atoms with E-state index < -0.39 is 4.92 Å². The van der Waals surface area contributed by atoms with Crippen LogP contribution in [0.4, 0.5) is 11.5 Å². The van der Waals surface area contributed by atoms with Crippen LogP contribution in [0.2, 0.25) is 0 Å². The number of hydrogen-bond donors (Lipinski definition) is 0. The molecule has 0 unspecified atom stereocenters. The molecule has 1 amide bonds. The molecule has 0 radical (unpaired) electrons. The summed E-state index contributed by atoms with van der Waals surface area (Å²) >= 11 is 0. The SMILES string of the molecule is O=C(CCCCC(=O)N1CCN(c2ccc([N+](=O)[O-])nc2)CC1)c1ccccc1. The van der Waals surface area contributed by atoms with E-state index in [1.165, 1.54) is 12.3 Å². The molecule has 8 nitrogen and oxygen atoms in total. The van der Waals surface area contributed by atoms with Gasteiger partial charge in [0.15, 0.2) is 12.0 Å². The molecule has 0 bridgehead atoms. The van der Waals surface area contributed by atoms with E-state index in [1.54, 1.807) is 6.07 Å². The lowest BCUT2D eigenvalue weighted by Gasteiger charge is -2.35. The van der Waals surface area contributed by atoms with E-state index in [4.69, 9.17) is 0 Å². The Bertz CT molecular complexity index is 847. The van der Waals surface area contributed by atoms with Gasteiger partial charge in [-0.05, 0) is 28.8 Å². The summed E-state index contributed by atoms with van der Waals surface area (Å²) in [4.78, 5) is 42.4. The minimum atomic E-state index is -0.520. The summed E-state index contributed by atoms with van der Waals surface area (Å²) in [6.07, 6.45) is 3.80. The first-order chi connectivity index (χ1) is 14.0. The van der Waals surface area contributed by atoms with Gasteiger partial charge in [-0.1, -0.05) is 30.3 Å². The Hall–Kier alpha value is -3.29. The van der Waals surface area contributed by atoms with Crippen molar-refractivity contribution in [2.24, 2.45) is 0 Å². The lowest BCUT2D eigenvalue weighted by atomic mass is 10.0. The number of hydrogen-bond acceptors (Lipinski definition) is 6. The van der Waals surface area contributed by atoms with Gasteiger partial charge in [0.25, 0.3) is 0 Å². The third-order valence-corrected chi connectivity index (χ3v) is 5.06. The van der Waals surface area contributed by atoms with Crippen LogP contribution in [0.15, 0.2) is 48.7 Å². The van der Waals surface area contributed by atoms with E-state index >= 15 is 0 Å². The third kappa shape index (κ3) is 5.60. The van der Waals surface area contributed by atoms with Crippen molar-refractivity contribution in [1.29, 1.82) is 0 Å². The number of piperazine rings is 1. The first kappa shape index (κ1) is 20.4. The summed E-state index contributed by atoms with van der Waals surface area (Å²) in [5.74, 6) is 0.0512. The van der Waals surface area contributed by atoms with E-state index in [9.17, 15) is 19.7 Å². The average molecular weight is 396 g/mol. The third-order valence-electron chi connectivity index (χ3n) is 5.06. The summed E-state index contributed by atoms with van der Waals surface area (Å²) < 4.78 is 0. The number of carbonyl (C=O) groups is 2. The van der Waals surface area contributed by atoms with Crippen molar-refractivity contribution in [3.8, 4) is 0 Å². The first-order valence-electron chi connectivity index (χ1n) is 9.76. The van der Waals surface area contributed by atoms with Crippen LogP contribution >= 0.6 is 0 Å². The monoisotopic (exact) mass is 396 g/mol. The predicted molar refractivity (Wildman–Crippen MR) is 109 cm³/mol. The Morgan fingerprint density at radius 1 is 0.966 bits per heavy atom. The Balaban J connectivity index is 1.37. The molecule has 1 aliphatic heterocycles. The van der Waals surface area contributed by atoms with Crippen LogP contribution in [0.3, 0.4) is 0 Å². The fraction of sp³-hybridized carbons (Fsp3) is 0.381. The van der Waals surface area contributed by atoms with Gasteiger partial charge in [-0.2, -0.15) is 0 Å². The van der Waals surface area contributed by atoms with E-state index in [1.807, 2.05) is 35.2 Å². The first-order valence-corrected chi connectivity index (χ1v) is 9.76. The molecule has 3 rings (SSSR count). The number of unbranched alkanes of at least 4 members (excludes halogenated alkanes) is 1. The van der Waals surface area contributed by atoms with Crippen molar-refractivity contribution in [3.63, 3.8) is 0 Å². The predicted octanol–water partition coefficient (Wildman–Crippen LogP) is 3.08. The van der Waals surface area contributed by atoms with Crippen LogP contribution in [-0.2, 0) is 4.79 Å². The molecule has 1 saturated heterocycles. The lowest BCUT2D eigenvalue weighted by Crippen LogP contribution is -2.48. The zero-order valence-electron chi connectivity index (χ0n) is 16.2. The standard InChI is InChI=1S/C21H24N4O4/c26-19(17-6-2-1-3-7-17)8-4-5-9-21(27)24-14-12-23(13-15-24)18-10-11-20(22-16-18)25(28)29/h1-3,6-7,10-11,16H,4-5,8-9,12-15H2. The fourth-order valence-electron chi connectivity index (χ4n) is 3.38. The highest BCUT2D eigenvalue weighted by atomic mass is 16.6. The van der Waals surface area contributed by atoms with Crippen LogP contribution in [-0.4, -0.2) is 52.7 Å². The number of anilines is 1. The van der Waals surface area contributed by atoms with Crippen LogP contribution in [0.5, 0.6) is 0 Å². The largest absolute Gasteiger partial charge is 0.365 e. The molecule has 0 N–H and O–H groups in total. The quantitative estimate of drug-likeness (QED) is 0.294. The van der Waals surface area contributed by atoms with Crippen LogP contribution < -0.4 is 4.90 Å². The molecule has 8 heteroatoms. The number of nitro groups is 1. The summed E-state index contributed by atoms with van der Waals surface area (Å²) in [5.41, 5.74) is 1.54. The highest BCUT2D eigenvalue weighted by molar-refractivity contribution is 5.95. The second-order valence-electron chi connectivity index (χ2n) is 7.00. The molecule has 2 aromatic rings. The maximum Gasteiger partial charge on any atom is 0.363 e. The Labute approximate surface area is 169 Å². The normalized spacial score (nSPS) is 13.9. The molecule has 1 aromatic carbocycles. The van der Waals surface area contributed by atoms with Gasteiger partial charge in [-0.25, -0.2) is 0 Å². The van der Waals surface area contributed by atoms with Gasteiger partial charge in [0.1, 0.15) is 0 Å². The number of nitrogens with zero attached hydrogens (tertiary/aromatic N) is 4. The van der Waals surface area contributed by atoms with Gasteiger partial charge in [0.05, 0.1) is 5.69 Å². The van der Waals surface area contributed by atoms with Crippen molar-refractivity contribution < 1.29 is 14.5 Å². The maximum atomic E-state index is 12.4. The maximum absolute atomic E-state index is 12.4. The second kappa shape index (κ2) is 9.77. The molecule has 2 heterocycles. The number of Topliss-reactive ketones (excluding diaryl/α,β-unsaturated/α-hetero) is 1. The van der Waals surface area contributed by atoms with E-state index in [-0.39, 0.29) is 17.5 Å². The molecule has 1 aromatic heterocycles. The number of amides is 1. The van der Waals surface area contributed by atoms with Gasteiger partial charge < -0.3 is 19.9 Å². The van der Waals surface area contributed by atoms with Crippen molar-refractivity contribution in [2.75, 3.05) is 31.1 Å². The zero-order chi connectivity index (χ0) is 20.6. The number of ketones is 1. The molecular weight excluding hydrogens is 372 g/mol. The Morgan fingerprint density at radius 3 is 2.28 bits per heavy atom. The molecule has 1 fully saturated rings. The fourth-order valence-corrected chi connectivity index (χ4v) is 3.38. The van der Waals surface area contributed by atoms with Crippen molar-refractivity contribution in [3.05, 3.63) is 64.3 Å². The van der Waals surface area contributed by atoms with Crippen molar-refractivity contribution in [2.45, 2.75) is 25.7 Å². The molecule has 1 aliphatic rings. The minimum Gasteiger partial charge on any atom is -0.365 e. The number of benzene rings is 1. The molecule has 0 aliphatic carbocycles. The van der Waals surface area contributed by atoms with Crippen LogP contribution in [0.25, 0.3) is 0 Å². The molecule has 0 saturated carbocycles. The molecule has 0 atom stereocenters. The summed E-state index contributed by atoms with van der Waals surface area (Å²) in [7, 11) is 0. The molecular formula is C21H24N4O4. The van der Waals surface area contributed by atoms with Gasteiger partial charge in [0, 0.05) is 50.7 Å². The highest BCUT2D eigenvalue weighted by Crippen LogP contribution is 2.18. The number of carbonyl (C=O) groups excluding carboxylic acids is 2. The van der Waals surface area contributed by atoms with Crippen LogP contribution in [0, 0.1) is 10.1 Å². The second-order valence-corrected chi connectivity index (χ2v) is 7.00. The van der Waals surface area contributed by atoms with E-state index in [0.717, 1.165) is 11.3 Å². The molecule has 29 heavy (non-hydrogen) atoms. The van der Waals surface area contributed by atoms with Crippen LogP contribution in [0.1, 0.15) is 36.0 Å². The van der Waals surface area contributed by atoms with Gasteiger partial charge in [-0.3, -0.25) is 9.59 Å². The van der Waals surface area contributed by atoms with E-state index in [2.05, 4.69) is 9.88 Å². The van der Waals surface area contributed by atoms with Crippen molar-refractivity contribution >= 4 is 23.2 Å². The number of pyridine rings is 1. The summed E-state index contributed by atoms with van der Waals surface area (Å²) in [6, 6.07) is 12.3. The topological polar surface area (TPSA) is 96.7 Å². The molecule has 152 valence electrons. The molecule has 0 spiro atoms. The minimum absolute atomic E-state index is 0.110. The number of aromatic nitrogens is 1. The summed E-state index contributed by atoms with van der Waals surface area (Å²) in [6.45, 7) is 2.55. The van der Waals surface area contributed by atoms with Gasteiger partial charge in [-0.15, -0.1) is 0 Å². The number of rotatable bonds is 8.